The molecule has 0 radical (unpaired) electrons. The Morgan fingerprint density at radius 1 is 1.35 bits per heavy atom. The molecule has 0 aliphatic carbocycles. The number of fused-ring (bicyclic) bond motifs is 3. The predicted molar refractivity (Wildman–Crippen MR) is 167 cm³/mol. The van der Waals surface area contributed by atoms with Gasteiger partial charge in [-0.05, 0) is 37.1 Å². The molecule has 2 atom stereocenters. The number of sulfonamides is 1. The number of hydrogen-bond acceptors (Lipinski definition) is 10. The molecule has 0 bridgehead atoms. The maximum atomic E-state index is 16.7. The smallest absolute Gasteiger partial charge is 0.409 e. The molecule has 2 aliphatic heterocycles. The summed E-state index contributed by atoms with van der Waals surface area (Å²) >= 11 is 7.28. The van der Waals surface area contributed by atoms with E-state index in [9.17, 15) is 32.4 Å². The average Bonchev–Trinajstić information content (AvgIpc) is 3.62. The van der Waals surface area contributed by atoms with Crippen molar-refractivity contribution in [2.24, 2.45) is 5.14 Å². The third-order valence-corrected chi connectivity index (χ3v) is 10.3. The number of nitrogens with zero attached hydrogens (tertiary/aromatic N) is 4. The van der Waals surface area contributed by atoms with Crippen LogP contribution in [0.3, 0.4) is 0 Å². The quantitative estimate of drug-likeness (QED) is 0.185. The highest BCUT2D eigenvalue weighted by Gasteiger charge is 2.49. The molecule has 4 aromatic rings. The predicted octanol–water partition coefficient (Wildman–Crippen LogP) is 5.06. The van der Waals surface area contributed by atoms with Crippen LogP contribution in [0.25, 0.3) is 32.1 Å². The van der Waals surface area contributed by atoms with Crippen LogP contribution in [0.5, 0.6) is 6.01 Å². The van der Waals surface area contributed by atoms with Crippen LogP contribution >= 0.6 is 22.9 Å². The summed E-state index contributed by atoms with van der Waals surface area (Å²) in [5.41, 5.74) is -1.36. The molecule has 0 spiro atoms. The van der Waals surface area contributed by atoms with E-state index in [2.05, 4.69) is 20.6 Å². The summed E-state index contributed by atoms with van der Waals surface area (Å²) < 4.78 is 74.9. The number of ether oxygens (including phenoxy) is 1. The van der Waals surface area contributed by atoms with Crippen LogP contribution in [0.1, 0.15) is 24.8 Å². The Morgan fingerprint density at radius 3 is 2.85 bits per heavy atom. The van der Waals surface area contributed by atoms with Crippen LogP contribution < -0.4 is 20.5 Å². The highest BCUT2D eigenvalue weighted by atomic mass is 35.5. The molecule has 242 valence electrons. The molecule has 0 saturated carbocycles. The molecule has 6 rings (SSSR count). The standard InChI is InChI=1S/C28H25ClF3N7O5S2/c29-17-8-15-22(21(32)20(17)14-2-3-18(31)23-19(14)16(10-33)25(45-23)38-27(40)41)36-26(37-24(15)35-5-7-46(34,42)43)44-12-28-4-1-6-39(28)11-13(30)9-28/h2-3,8,13,38H,1,4-7,9,11-12H2,(H,40,41)(H2,34,42,43)(H,35,36,37)/t13-,28+/m1/s1. The van der Waals surface area contributed by atoms with E-state index in [0.717, 1.165) is 12.5 Å². The SMILES string of the molecule is N#Cc1c(NC(=O)O)sc2c(F)ccc(-c3c(Cl)cc4c(NCCS(N)(=O)=O)nc(OC[C@@]56CCCN5C[C@H](F)C6)nc4c3F)c12. The van der Waals surface area contributed by atoms with Crippen molar-refractivity contribution >= 4 is 70.9 Å². The van der Waals surface area contributed by atoms with Crippen molar-refractivity contribution in [2.75, 3.05) is 42.6 Å². The Hall–Kier alpha value is -3.95. The number of nitrogens with one attached hydrogen (secondary N) is 2. The average molecular weight is 696 g/mol. The minimum atomic E-state index is -3.87. The molecule has 12 nitrogen and oxygen atoms in total. The van der Waals surface area contributed by atoms with Gasteiger partial charge in [-0.3, -0.25) is 10.2 Å². The Labute approximate surface area is 269 Å². The monoisotopic (exact) mass is 695 g/mol. The molecular formula is C28H25ClF3N7O5S2. The summed E-state index contributed by atoms with van der Waals surface area (Å²) in [6, 6.07) is 5.18. The van der Waals surface area contributed by atoms with Crippen LogP contribution in [0.15, 0.2) is 18.2 Å². The van der Waals surface area contributed by atoms with Crippen LogP contribution in [0.4, 0.5) is 28.8 Å². The van der Waals surface area contributed by atoms with Gasteiger partial charge in [0.1, 0.15) is 41.0 Å². The Morgan fingerprint density at radius 2 is 2.13 bits per heavy atom. The highest BCUT2D eigenvalue weighted by molar-refractivity contribution is 7.89. The first kappa shape index (κ1) is 32.0. The lowest BCUT2D eigenvalue weighted by Crippen LogP contribution is -2.43. The minimum absolute atomic E-state index is 0.00252. The Bertz CT molecular complexity index is 2060. The second-order valence-electron chi connectivity index (χ2n) is 11.1. The first-order chi connectivity index (χ1) is 21.8. The Kier molecular flexibility index (Phi) is 8.36. The van der Waals surface area contributed by atoms with Crippen LogP contribution in [0, 0.1) is 23.0 Å². The van der Waals surface area contributed by atoms with E-state index < -0.39 is 45.2 Å². The van der Waals surface area contributed by atoms with E-state index in [-0.39, 0.29) is 85.6 Å². The van der Waals surface area contributed by atoms with Crippen LogP contribution in [-0.4, -0.2) is 78.2 Å². The molecule has 2 aliphatic rings. The molecule has 2 aromatic heterocycles. The molecular weight excluding hydrogens is 671 g/mol. The molecule has 46 heavy (non-hydrogen) atoms. The van der Waals surface area contributed by atoms with E-state index in [4.69, 9.17) is 21.5 Å². The van der Waals surface area contributed by atoms with Gasteiger partial charge in [0.15, 0.2) is 5.82 Å². The second kappa shape index (κ2) is 12.0. The maximum Gasteiger partial charge on any atom is 0.409 e. The van der Waals surface area contributed by atoms with Crippen molar-refractivity contribution in [1.82, 2.24) is 14.9 Å². The number of benzene rings is 2. The van der Waals surface area contributed by atoms with Crippen molar-refractivity contribution in [3.63, 3.8) is 0 Å². The first-order valence-electron chi connectivity index (χ1n) is 13.9. The fraction of sp³-hybridized carbons (Fsp3) is 0.357. The van der Waals surface area contributed by atoms with Crippen LogP contribution in [0.2, 0.25) is 5.02 Å². The van der Waals surface area contributed by atoms with Crippen molar-refractivity contribution in [3.05, 3.63) is 40.4 Å². The maximum absolute atomic E-state index is 16.7. The van der Waals surface area contributed by atoms with E-state index in [1.54, 1.807) is 0 Å². The minimum Gasteiger partial charge on any atom is -0.465 e. The first-order valence-corrected chi connectivity index (χ1v) is 16.8. The number of anilines is 2. The number of nitrogens with two attached hydrogens (primary N) is 1. The number of carboxylic acid groups (broad SMARTS) is 1. The molecule has 2 fully saturated rings. The Balaban J connectivity index is 1.50. The summed E-state index contributed by atoms with van der Waals surface area (Å²) in [6.07, 6.45) is -0.695. The lowest BCUT2D eigenvalue weighted by molar-refractivity contribution is 0.107. The van der Waals surface area contributed by atoms with Gasteiger partial charge in [0, 0.05) is 35.8 Å². The highest BCUT2D eigenvalue weighted by Crippen LogP contribution is 2.46. The number of aromatic nitrogens is 2. The van der Waals surface area contributed by atoms with Crippen molar-refractivity contribution in [1.29, 1.82) is 5.26 Å². The molecule has 18 heteroatoms. The van der Waals surface area contributed by atoms with Crippen molar-refractivity contribution < 1.29 is 36.2 Å². The number of rotatable bonds is 9. The number of primary sulfonamides is 1. The lowest BCUT2D eigenvalue weighted by Gasteiger charge is -2.30. The van der Waals surface area contributed by atoms with Gasteiger partial charge in [0.2, 0.25) is 10.0 Å². The van der Waals surface area contributed by atoms with Gasteiger partial charge in [-0.2, -0.15) is 15.2 Å². The van der Waals surface area contributed by atoms with Gasteiger partial charge in [0.25, 0.3) is 0 Å². The molecule has 0 unspecified atom stereocenters. The fourth-order valence-corrected chi connectivity index (χ4v) is 8.00. The van der Waals surface area contributed by atoms with E-state index in [1.807, 2.05) is 11.0 Å². The van der Waals surface area contributed by atoms with Gasteiger partial charge in [0.05, 0.1) is 26.6 Å². The molecule has 1 amide bonds. The number of alkyl halides is 1. The molecule has 2 saturated heterocycles. The second-order valence-corrected chi connectivity index (χ2v) is 14.3. The zero-order valence-electron chi connectivity index (χ0n) is 23.7. The number of carbonyl (C=O) groups is 1. The third kappa shape index (κ3) is 5.86. The zero-order chi connectivity index (χ0) is 33.0. The van der Waals surface area contributed by atoms with Gasteiger partial charge in [-0.25, -0.2) is 31.5 Å². The molecule has 2 aromatic carbocycles. The summed E-state index contributed by atoms with van der Waals surface area (Å²) in [6.45, 7) is 0.811. The summed E-state index contributed by atoms with van der Waals surface area (Å²) in [5, 5.41) is 28.8. The van der Waals surface area contributed by atoms with E-state index in [1.165, 1.54) is 12.1 Å². The molecule has 4 heterocycles. The number of hydrogen-bond donors (Lipinski definition) is 4. The fourth-order valence-electron chi connectivity index (χ4n) is 6.25. The number of amides is 1. The van der Waals surface area contributed by atoms with Crippen molar-refractivity contribution in [3.8, 4) is 23.2 Å². The lowest BCUT2D eigenvalue weighted by atomic mass is 9.95. The summed E-state index contributed by atoms with van der Waals surface area (Å²) in [5.74, 6) is -2.26. The van der Waals surface area contributed by atoms with Gasteiger partial charge >= 0.3 is 12.1 Å². The summed E-state index contributed by atoms with van der Waals surface area (Å²) in [7, 11) is -3.87. The number of thiophene rings is 1. The van der Waals surface area contributed by atoms with E-state index >= 15 is 4.39 Å². The molecule has 5 N–H and O–H groups in total. The largest absolute Gasteiger partial charge is 0.465 e. The van der Waals surface area contributed by atoms with Crippen molar-refractivity contribution in [2.45, 2.75) is 31.0 Å². The van der Waals surface area contributed by atoms with Gasteiger partial charge < -0.3 is 15.2 Å². The van der Waals surface area contributed by atoms with Gasteiger partial charge in [-0.1, -0.05) is 17.7 Å². The van der Waals surface area contributed by atoms with Crippen LogP contribution in [-0.2, 0) is 10.0 Å². The zero-order valence-corrected chi connectivity index (χ0v) is 26.1. The third-order valence-electron chi connectivity index (χ3n) is 8.16. The number of halogens is 4. The number of nitriles is 1. The van der Waals surface area contributed by atoms with E-state index in [0.29, 0.717) is 24.3 Å². The summed E-state index contributed by atoms with van der Waals surface area (Å²) in [4.78, 5) is 22.0. The normalized spacial score (nSPS) is 19.8. The van der Waals surface area contributed by atoms with Gasteiger partial charge in [-0.15, -0.1) is 11.3 Å². The topological polar surface area (TPSA) is 184 Å².